The number of unbranched alkanes of at least 4 members (excludes halogenated alkanes) is 2. The number of ether oxygens (including phenoxy) is 2. The van der Waals surface area contributed by atoms with E-state index in [1.807, 2.05) is 17.4 Å². The molecule has 0 radical (unpaired) electrons. The molecule has 1 aromatic heterocycles. The Morgan fingerprint density at radius 3 is 2.62 bits per heavy atom. The Labute approximate surface area is 188 Å². The van der Waals surface area contributed by atoms with Crippen LogP contribution in [0.1, 0.15) is 44.6 Å². The van der Waals surface area contributed by atoms with Crippen LogP contribution in [0.5, 0.6) is 11.5 Å². The van der Waals surface area contributed by atoms with Crippen molar-refractivity contribution in [3.8, 4) is 11.5 Å². The summed E-state index contributed by atoms with van der Waals surface area (Å²) in [6.45, 7) is 2.75. The number of fused-ring (bicyclic) bond motifs is 1. The van der Waals surface area contributed by atoms with Crippen molar-refractivity contribution in [2.45, 2.75) is 49.5 Å². The number of imidazole rings is 1. The van der Waals surface area contributed by atoms with E-state index in [1.54, 1.807) is 12.3 Å². The fourth-order valence-electron chi connectivity index (χ4n) is 4.12. The zero-order valence-corrected chi connectivity index (χ0v) is 18.9. The average molecular weight is 463 g/mol. The Hall–Kier alpha value is -2.59. The highest BCUT2D eigenvalue weighted by molar-refractivity contribution is 7.89. The number of carbonyl (C=O) groups is 1. The molecular weight excluding hydrogens is 432 g/mol. The topological polar surface area (TPSA) is 103 Å². The Morgan fingerprint density at radius 2 is 1.88 bits per heavy atom. The molecule has 0 bridgehead atoms. The molecule has 0 spiro atoms. The van der Waals surface area contributed by atoms with Crippen LogP contribution < -0.4 is 14.2 Å². The number of hydrogen-bond donors (Lipinski definition) is 1. The van der Waals surface area contributed by atoms with E-state index in [2.05, 4.69) is 14.3 Å². The number of amides is 1. The van der Waals surface area contributed by atoms with Gasteiger partial charge >= 0.3 is 0 Å². The predicted molar refractivity (Wildman–Crippen MR) is 118 cm³/mol. The van der Waals surface area contributed by atoms with E-state index in [0.29, 0.717) is 50.1 Å². The van der Waals surface area contributed by atoms with E-state index < -0.39 is 10.0 Å². The van der Waals surface area contributed by atoms with Crippen LogP contribution in [0, 0.1) is 0 Å². The van der Waals surface area contributed by atoms with Crippen molar-refractivity contribution in [1.82, 2.24) is 19.2 Å². The number of aromatic nitrogens is 2. The summed E-state index contributed by atoms with van der Waals surface area (Å²) in [6, 6.07) is 5.05. The van der Waals surface area contributed by atoms with Gasteiger partial charge in [0.1, 0.15) is 13.2 Å². The summed E-state index contributed by atoms with van der Waals surface area (Å²) in [5.41, 5.74) is 0. The Morgan fingerprint density at radius 1 is 1.09 bits per heavy atom. The molecule has 174 valence electrons. The van der Waals surface area contributed by atoms with E-state index >= 15 is 0 Å². The second-order valence-corrected chi connectivity index (χ2v) is 9.90. The summed E-state index contributed by atoms with van der Waals surface area (Å²) in [5.74, 6) is 1.20. The molecule has 2 aliphatic heterocycles. The van der Waals surface area contributed by atoms with Crippen LogP contribution in [-0.2, 0) is 14.8 Å². The molecular formula is C22H30N4O5S. The van der Waals surface area contributed by atoms with Gasteiger partial charge in [-0.05, 0) is 37.8 Å². The van der Waals surface area contributed by atoms with E-state index in [9.17, 15) is 13.2 Å². The van der Waals surface area contributed by atoms with Crippen molar-refractivity contribution in [3.63, 3.8) is 0 Å². The lowest BCUT2D eigenvalue weighted by molar-refractivity contribution is -0.132. The molecule has 2 aromatic rings. The number of carbonyl (C=O) groups excluding carboxylic acids is 1. The van der Waals surface area contributed by atoms with Crippen molar-refractivity contribution in [3.05, 3.63) is 36.9 Å². The van der Waals surface area contributed by atoms with Crippen LogP contribution in [-0.4, -0.2) is 61.6 Å². The van der Waals surface area contributed by atoms with Crippen molar-refractivity contribution in [2.75, 3.05) is 32.8 Å². The van der Waals surface area contributed by atoms with E-state index in [-0.39, 0.29) is 10.8 Å². The minimum Gasteiger partial charge on any atom is -0.486 e. The lowest BCUT2D eigenvalue weighted by Crippen LogP contribution is -2.38. The first-order valence-corrected chi connectivity index (χ1v) is 12.7. The number of nitrogens with zero attached hydrogens (tertiary/aromatic N) is 3. The Balaban J connectivity index is 1.13. The van der Waals surface area contributed by atoms with Gasteiger partial charge < -0.3 is 18.9 Å². The normalized spacial score (nSPS) is 16.8. The maximum absolute atomic E-state index is 12.5. The average Bonchev–Trinajstić information content (AvgIpc) is 3.36. The highest BCUT2D eigenvalue weighted by atomic mass is 32.2. The van der Waals surface area contributed by atoms with Crippen molar-refractivity contribution in [1.29, 1.82) is 0 Å². The number of likely N-dealkylation sites (tertiary alicyclic amines) is 1. The molecule has 0 saturated carbocycles. The SMILES string of the molecule is O=C(CCCCCNS(=O)(=O)c1ccc2c(c1)OCCO2)N1CCC(n2ccnc2)CC1. The van der Waals surface area contributed by atoms with Gasteiger partial charge in [-0.3, -0.25) is 4.79 Å². The summed E-state index contributed by atoms with van der Waals surface area (Å²) in [7, 11) is -3.61. The molecule has 32 heavy (non-hydrogen) atoms. The molecule has 1 aromatic carbocycles. The zero-order valence-electron chi connectivity index (χ0n) is 18.1. The van der Waals surface area contributed by atoms with Gasteiger partial charge in [0, 0.05) is 50.6 Å². The zero-order chi connectivity index (χ0) is 22.4. The lowest BCUT2D eigenvalue weighted by atomic mass is 10.0. The molecule has 2 aliphatic rings. The third-order valence-corrected chi connectivity index (χ3v) is 7.41. The monoisotopic (exact) mass is 462 g/mol. The van der Waals surface area contributed by atoms with Gasteiger partial charge in [0.05, 0.1) is 11.2 Å². The van der Waals surface area contributed by atoms with Crippen molar-refractivity contribution < 1.29 is 22.7 Å². The molecule has 0 atom stereocenters. The first kappa shape index (κ1) is 22.6. The van der Waals surface area contributed by atoms with Crippen LogP contribution in [0.15, 0.2) is 41.8 Å². The fraction of sp³-hybridized carbons (Fsp3) is 0.545. The number of benzene rings is 1. The molecule has 1 N–H and O–H groups in total. The van der Waals surface area contributed by atoms with Crippen LogP contribution >= 0.6 is 0 Å². The number of sulfonamides is 1. The van der Waals surface area contributed by atoms with Crippen molar-refractivity contribution in [2.24, 2.45) is 0 Å². The van der Waals surface area contributed by atoms with Gasteiger partial charge in [-0.2, -0.15) is 0 Å². The fourth-order valence-corrected chi connectivity index (χ4v) is 5.20. The predicted octanol–water partition coefficient (Wildman–Crippen LogP) is 2.36. The summed E-state index contributed by atoms with van der Waals surface area (Å²) in [4.78, 5) is 18.7. The lowest BCUT2D eigenvalue weighted by Gasteiger charge is -2.32. The minimum absolute atomic E-state index is 0.163. The van der Waals surface area contributed by atoms with Gasteiger partial charge in [0.25, 0.3) is 0 Å². The largest absolute Gasteiger partial charge is 0.486 e. The highest BCUT2D eigenvalue weighted by Gasteiger charge is 2.23. The quantitative estimate of drug-likeness (QED) is 0.574. The number of nitrogens with one attached hydrogen (secondary N) is 1. The van der Waals surface area contributed by atoms with E-state index in [1.165, 1.54) is 12.1 Å². The van der Waals surface area contributed by atoms with Gasteiger partial charge in [-0.25, -0.2) is 18.1 Å². The van der Waals surface area contributed by atoms with E-state index in [0.717, 1.165) is 38.8 Å². The molecule has 3 heterocycles. The molecule has 9 nitrogen and oxygen atoms in total. The maximum atomic E-state index is 12.5. The van der Waals surface area contributed by atoms with Crippen LogP contribution in [0.25, 0.3) is 0 Å². The Kier molecular flexibility index (Phi) is 7.31. The number of hydrogen-bond acceptors (Lipinski definition) is 6. The molecule has 1 amide bonds. The first-order valence-electron chi connectivity index (χ1n) is 11.2. The summed E-state index contributed by atoms with van der Waals surface area (Å²) < 4.78 is 40.6. The number of rotatable bonds is 9. The summed E-state index contributed by atoms with van der Waals surface area (Å²) in [6.07, 6.45) is 10.2. The third kappa shape index (κ3) is 5.60. The first-order chi connectivity index (χ1) is 15.5. The Bertz CT molecular complexity index is 1000. The minimum atomic E-state index is -3.61. The molecule has 0 aliphatic carbocycles. The smallest absolute Gasteiger partial charge is 0.240 e. The van der Waals surface area contributed by atoms with Crippen LogP contribution in [0.4, 0.5) is 0 Å². The molecule has 1 saturated heterocycles. The van der Waals surface area contributed by atoms with Gasteiger partial charge in [0.15, 0.2) is 11.5 Å². The summed E-state index contributed by atoms with van der Waals surface area (Å²) in [5, 5.41) is 0. The molecule has 10 heteroatoms. The van der Waals surface area contributed by atoms with Crippen molar-refractivity contribution >= 4 is 15.9 Å². The number of piperidine rings is 1. The van der Waals surface area contributed by atoms with Crippen LogP contribution in [0.2, 0.25) is 0 Å². The summed E-state index contributed by atoms with van der Waals surface area (Å²) >= 11 is 0. The van der Waals surface area contributed by atoms with E-state index in [4.69, 9.17) is 9.47 Å². The third-order valence-electron chi connectivity index (χ3n) is 5.95. The molecule has 0 unspecified atom stereocenters. The van der Waals surface area contributed by atoms with Gasteiger partial charge in [-0.1, -0.05) is 6.42 Å². The maximum Gasteiger partial charge on any atom is 0.240 e. The highest BCUT2D eigenvalue weighted by Crippen LogP contribution is 2.32. The molecule has 1 fully saturated rings. The molecule has 4 rings (SSSR count). The second-order valence-electron chi connectivity index (χ2n) is 8.14. The second kappa shape index (κ2) is 10.4. The van der Waals surface area contributed by atoms with Gasteiger partial charge in [0.2, 0.25) is 15.9 Å². The standard InChI is InChI=1S/C22H30N4O5S/c27-22(25-11-7-18(8-12-25)26-13-10-23-17-26)4-2-1-3-9-24-32(28,29)19-5-6-20-21(16-19)31-15-14-30-20/h5-6,10,13,16-18,24H,1-4,7-9,11-12,14-15H2. The van der Waals surface area contributed by atoms with Gasteiger partial charge in [-0.15, -0.1) is 0 Å². The van der Waals surface area contributed by atoms with Crippen LogP contribution in [0.3, 0.4) is 0 Å².